The molecule has 7 heteroatoms. The molecular weight excluding hydrogens is 333 g/mol. The van der Waals surface area contributed by atoms with Crippen molar-refractivity contribution < 1.29 is 27.8 Å². The Hall–Kier alpha value is -1.69. The summed E-state index contributed by atoms with van der Waals surface area (Å²) in [7, 11) is 0. The average Bonchev–Trinajstić information content (AvgIpc) is 2.35. The highest BCUT2D eigenvalue weighted by Gasteiger charge is 2.48. The second-order valence-corrected chi connectivity index (χ2v) is 7.07. The van der Waals surface area contributed by atoms with Crippen LogP contribution in [0.2, 0.25) is 5.02 Å². The maximum absolute atomic E-state index is 13.0. The highest BCUT2D eigenvalue weighted by atomic mass is 35.5. The van der Waals surface area contributed by atoms with Crippen molar-refractivity contribution in [1.29, 1.82) is 0 Å². The fraction of sp³-hybridized carbons (Fsp3) is 0.438. The van der Waals surface area contributed by atoms with E-state index in [1.54, 1.807) is 0 Å². The maximum Gasteiger partial charge on any atom is 0.430 e. The highest BCUT2D eigenvalue weighted by molar-refractivity contribution is 6.31. The van der Waals surface area contributed by atoms with E-state index < -0.39 is 23.8 Å². The minimum Gasteiger partial charge on any atom is -0.478 e. The molecule has 1 unspecified atom stereocenters. The van der Waals surface area contributed by atoms with Crippen LogP contribution in [-0.2, 0) is 11.2 Å². The van der Waals surface area contributed by atoms with Crippen LogP contribution >= 0.6 is 11.6 Å². The zero-order chi connectivity index (χ0) is 17.6. The number of carboxylic acid groups (broad SMARTS) is 1. The molecule has 0 radical (unpaired) electrons. The van der Waals surface area contributed by atoms with E-state index in [1.807, 2.05) is 20.8 Å². The van der Waals surface area contributed by atoms with Gasteiger partial charge in [-0.2, -0.15) is 13.2 Å². The van der Waals surface area contributed by atoms with Crippen LogP contribution in [0.25, 0.3) is 6.08 Å². The average molecular weight is 349 g/mol. The van der Waals surface area contributed by atoms with Crippen molar-refractivity contribution in [2.24, 2.45) is 5.41 Å². The fourth-order valence-corrected chi connectivity index (χ4v) is 2.62. The molecule has 0 spiro atoms. The molecule has 3 nitrogen and oxygen atoms in total. The van der Waals surface area contributed by atoms with Crippen LogP contribution in [-0.4, -0.2) is 23.4 Å². The summed E-state index contributed by atoms with van der Waals surface area (Å²) in [5, 5.41) is 9.36. The first-order chi connectivity index (χ1) is 10.4. The number of benzene rings is 1. The van der Waals surface area contributed by atoms with Gasteiger partial charge in [0.25, 0.3) is 0 Å². The number of carboxylic acids is 1. The molecule has 1 aliphatic rings. The molecule has 0 bridgehead atoms. The lowest BCUT2D eigenvalue weighted by Crippen LogP contribution is -2.40. The van der Waals surface area contributed by atoms with Crippen LogP contribution < -0.4 is 4.74 Å². The normalized spacial score (nSPS) is 18.0. The second kappa shape index (κ2) is 5.74. The van der Waals surface area contributed by atoms with Crippen LogP contribution in [0, 0.1) is 5.41 Å². The van der Waals surface area contributed by atoms with Gasteiger partial charge in [0.15, 0.2) is 0 Å². The first kappa shape index (κ1) is 17.7. The number of alkyl halides is 3. The Morgan fingerprint density at radius 3 is 2.39 bits per heavy atom. The molecule has 1 aromatic rings. The van der Waals surface area contributed by atoms with Gasteiger partial charge in [0, 0.05) is 10.6 Å². The predicted molar refractivity (Wildman–Crippen MR) is 80.7 cm³/mol. The van der Waals surface area contributed by atoms with Crippen LogP contribution in [0.1, 0.15) is 31.9 Å². The number of fused-ring (bicyclic) bond motifs is 1. The van der Waals surface area contributed by atoms with Gasteiger partial charge in [0.2, 0.25) is 6.10 Å². The van der Waals surface area contributed by atoms with Gasteiger partial charge in [-0.15, -0.1) is 0 Å². The van der Waals surface area contributed by atoms with Gasteiger partial charge in [-0.3, -0.25) is 0 Å². The molecule has 1 aliphatic heterocycles. The Morgan fingerprint density at radius 2 is 1.91 bits per heavy atom. The summed E-state index contributed by atoms with van der Waals surface area (Å²) in [6.07, 6.45) is -5.79. The van der Waals surface area contributed by atoms with Gasteiger partial charge in [-0.1, -0.05) is 32.4 Å². The first-order valence-electron chi connectivity index (χ1n) is 6.89. The van der Waals surface area contributed by atoms with Crippen molar-refractivity contribution in [2.45, 2.75) is 39.5 Å². The number of halogens is 4. The van der Waals surface area contributed by atoms with E-state index >= 15 is 0 Å². The molecule has 0 amide bonds. The van der Waals surface area contributed by atoms with Crippen molar-refractivity contribution >= 4 is 23.6 Å². The molecule has 1 N–H and O–H groups in total. The summed E-state index contributed by atoms with van der Waals surface area (Å²) in [5.41, 5.74) is -0.0842. The lowest BCUT2D eigenvalue weighted by atomic mass is 9.87. The molecule has 0 aromatic heterocycles. The Labute approximate surface area is 136 Å². The van der Waals surface area contributed by atoms with Crippen molar-refractivity contribution in [3.63, 3.8) is 0 Å². The number of rotatable bonds is 2. The summed E-state index contributed by atoms with van der Waals surface area (Å²) in [6, 6.07) is 2.89. The van der Waals surface area contributed by atoms with Crippen molar-refractivity contribution in [3.05, 3.63) is 33.9 Å². The minimum absolute atomic E-state index is 0.0130. The van der Waals surface area contributed by atoms with Crippen LogP contribution in [0.4, 0.5) is 13.2 Å². The van der Waals surface area contributed by atoms with E-state index in [0.29, 0.717) is 17.0 Å². The summed E-state index contributed by atoms with van der Waals surface area (Å²) in [4.78, 5) is 11.1. The molecule has 1 heterocycles. The van der Waals surface area contributed by atoms with Gasteiger partial charge in [0.05, 0.1) is 5.57 Å². The lowest BCUT2D eigenvalue weighted by molar-refractivity contribution is -0.187. The molecule has 0 saturated heterocycles. The predicted octanol–water partition coefficient (Wildman–Crippen LogP) is 4.72. The van der Waals surface area contributed by atoms with Crippen molar-refractivity contribution in [1.82, 2.24) is 0 Å². The van der Waals surface area contributed by atoms with Crippen LogP contribution in [0.3, 0.4) is 0 Å². The third-order valence-electron chi connectivity index (χ3n) is 3.28. The minimum atomic E-state index is -4.81. The Bertz CT molecular complexity index is 672. The molecule has 1 atom stereocenters. The smallest absolute Gasteiger partial charge is 0.430 e. The first-order valence-corrected chi connectivity index (χ1v) is 7.27. The summed E-state index contributed by atoms with van der Waals surface area (Å²) < 4.78 is 44.1. The molecule has 23 heavy (non-hydrogen) atoms. The van der Waals surface area contributed by atoms with Gasteiger partial charge >= 0.3 is 12.1 Å². The molecule has 2 rings (SSSR count). The Balaban J connectivity index is 2.52. The van der Waals surface area contributed by atoms with Gasteiger partial charge in [-0.25, -0.2) is 4.79 Å². The van der Waals surface area contributed by atoms with E-state index in [1.165, 1.54) is 12.1 Å². The van der Waals surface area contributed by atoms with Crippen LogP contribution in [0.5, 0.6) is 5.75 Å². The third kappa shape index (κ3) is 3.99. The second-order valence-electron chi connectivity index (χ2n) is 6.66. The molecule has 0 fully saturated rings. The topological polar surface area (TPSA) is 46.5 Å². The van der Waals surface area contributed by atoms with Crippen LogP contribution in [0.15, 0.2) is 17.7 Å². The van der Waals surface area contributed by atoms with Crippen molar-refractivity contribution in [2.75, 3.05) is 0 Å². The SMILES string of the molecule is CC(C)(C)Cc1cc2c(cc1Cl)C=C(C(=O)O)C(C(F)(F)F)O2. The highest BCUT2D eigenvalue weighted by Crippen LogP contribution is 2.40. The zero-order valence-corrected chi connectivity index (χ0v) is 13.5. The maximum atomic E-state index is 13.0. The van der Waals surface area contributed by atoms with E-state index in [4.69, 9.17) is 21.4 Å². The van der Waals surface area contributed by atoms with Gasteiger partial charge < -0.3 is 9.84 Å². The zero-order valence-electron chi connectivity index (χ0n) is 12.8. The molecule has 1 aromatic carbocycles. The monoisotopic (exact) mass is 348 g/mol. The Morgan fingerprint density at radius 1 is 1.30 bits per heavy atom. The summed E-state index contributed by atoms with van der Waals surface area (Å²) in [5.74, 6) is -1.69. The van der Waals surface area contributed by atoms with E-state index in [9.17, 15) is 18.0 Å². The number of aliphatic carboxylic acids is 1. The Kier molecular flexibility index (Phi) is 4.41. The quantitative estimate of drug-likeness (QED) is 0.841. The number of ether oxygens (including phenoxy) is 1. The van der Waals surface area contributed by atoms with Gasteiger partial charge in [-0.05, 0) is 35.6 Å². The summed E-state index contributed by atoms with van der Waals surface area (Å²) in [6.45, 7) is 5.93. The standard InChI is InChI=1S/C16H16ClF3O3/c1-15(2,3)7-9-6-12-8(5-11(9)17)4-10(14(21)22)13(23-12)16(18,19)20/h4-6,13H,7H2,1-3H3,(H,21,22). The fourth-order valence-electron chi connectivity index (χ4n) is 2.38. The molecular formula is C16H16ClF3O3. The van der Waals surface area contributed by atoms with E-state index in [-0.39, 0.29) is 16.7 Å². The largest absolute Gasteiger partial charge is 0.478 e. The number of carbonyl (C=O) groups is 1. The number of hydrogen-bond acceptors (Lipinski definition) is 2. The van der Waals surface area contributed by atoms with E-state index in [0.717, 1.165) is 6.08 Å². The number of hydrogen-bond donors (Lipinski definition) is 1. The lowest BCUT2D eigenvalue weighted by Gasteiger charge is -2.28. The molecule has 126 valence electrons. The van der Waals surface area contributed by atoms with E-state index in [2.05, 4.69) is 0 Å². The molecule has 0 aliphatic carbocycles. The van der Waals surface area contributed by atoms with Crippen molar-refractivity contribution in [3.8, 4) is 5.75 Å². The summed E-state index contributed by atoms with van der Waals surface area (Å²) >= 11 is 6.17. The van der Waals surface area contributed by atoms with Gasteiger partial charge in [0.1, 0.15) is 5.75 Å². The third-order valence-corrected chi connectivity index (χ3v) is 3.63. The molecule has 0 saturated carbocycles.